The van der Waals surface area contributed by atoms with Crippen LogP contribution in [0.15, 0.2) is 60.2 Å². The maximum absolute atomic E-state index is 13.8. The summed E-state index contributed by atoms with van der Waals surface area (Å²) in [7, 11) is 0. The van der Waals surface area contributed by atoms with E-state index < -0.39 is 0 Å². The highest BCUT2D eigenvalue weighted by Gasteiger charge is 2.34. The number of fused-ring (bicyclic) bond motifs is 2. The molecule has 2 unspecified atom stereocenters. The first kappa shape index (κ1) is 16.5. The molecule has 2 heterocycles. The topological polar surface area (TPSA) is 12.5 Å². The van der Waals surface area contributed by atoms with Gasteiger partial charge in [-0.25, -0.2) is 4.39 Å². The van der Waals surface area contributed by atoms with E-state index in [9.17, 15) is 4.39 Å². The fourth-order valence-corrected chi connectivity index (χ4v) is 3.93. The van der Waals surface area contributed by atoms with Gasteiger partial charge in [-0.05, 0) is 42.5 Å². The van der Waals surface area contributed by atoms with Crippen molar-refractivity contribution in [3.63, 3.8) is 0 Å². The molecule has 2 aromatic rings. The van der Waals surface area contributed by atoms with Crippen molar-refractivity contribution in [2.24, 2.45) is 0 Å². The molecule has 0 saturated carbocycles. The zero-order chi connectivity index (χ0) is 17.2. The summed E-state index contributed by atoms with van der Waals surface area (Å²) in [4.78, 5) is 2.55. The summed E-state index contributed by atoms with van der Waals surface area (Å²) < 4.78 is 19.6. The first-order valence-corrected chi connectivity index (χ1v) is 9.01. The lowest BCUT2D eigenvalue weighted by Gasteiger charge is -2.45. The lowest BCUT2D eigenvalue weighted by atomic mass is 9.89. The van der Waals surface area contributed by atoms with Gasteiger partial charge in [0.15, 0.2) is 0 Å². The molecule has 1 saturated heterocycles. The molecule has 0 spiro atoms. The minimum absolute atomic E-state index is 0.108. The largest absolute Gasteiger partial charge is 0.378 e. The molecule has 0 N–H and O–H groups in total. The van der Waals surface area contributed by atoms with Crippen LogP contribution in [0.5, 0.6) is 0 Å². The van der Waals surface area contributed by atoms with Gasteiger partial charge in [-0.15, -0.1) is 0 Å². The fourth-order valence-electron chi connectivity index (χ4n) is 3.93. The second-order valence-electron chi connectivity index (χ2n) is 7.21. The first-order chi connectivity index (χ1) is 12.2. The van der Waals surface area contributed by atoms with Crippen LogP contribution in [0.25, 0.3) is 0 Å². The third-order valence-corrected chi connectivity index (χ3v) is 5.30. The van der Waals surface area contributed by atoms with Crippen LogP contribution in [0.1, 0.15) is 23.1 Å². The van der Waals surface area contributed by atoms with Gasteiger partial charge in [0.05, 0.1) is 19.3 Å². The molecule has 25 heavy (non-hydrogen) atoms. The molecular weight excluding hydrogens is 313 g/mol. The van der Waals surface area contributed by atoms with Crippen molar-refractivity contribution in [1.82, 2.24) is 4.90 Å². The number of nitrogens with zero attached hydrogens (tertiary/aromatic N) is 1. The Hall–Kier alpha value is -1.97. The number of morpholine rings is 1. The second kappa shape index (κ2) is 7.11. The van der Waals surface area contributed by atoms with Gasteiger partial charge in [0, 0.05) is 12.6 Å². The van der Waals surface area contributed by atoms with Crippen LogP contribution in [0.2, 0.25) is 0 Å². The normalized spacial score (nSPS) is 23.4. The van der Waals surface area contributed by atoms with Crippen molar-refractivity contribution in [3.8, 4) is 0 Å². The third-order valence-electron chi connectivity index (χ3n) is 5.30. The highest BCUT2D eigenvalue weighted by atomic mass is 19.1. The Morgan fingerprint density at radius 1 is 1.08 bits per heavy atom. The van der Waals surface area contributed by atoms with E-state index in [0.717, 1.165) is 38.2 Å². The van der Waals surface area contributed by atoms with E-state index in [2.05, 4.69) is 41.3 Å². The van der Waals surface area contributed by atoms with Gasteiger partial charge in [-0.3, -0.25) is 4.90 Å². The standard InChI is InChI=1S/C22H24FNO/c1-16-7-8-18(12-22(16)23)9-19-10-20-14-25-15-21(11-19)24(20)13-17-5-3-2-4-6-17/h2-8,10,12,20-21H,9,11,13-15H2,1H3. The molecule has 2 aliphatic heterocycles. The Morgan fingerprint density at radius 3 is 2.68 bits per heavy atom. The SMILES string of the molecule is Cc1ccc(CC2=CC3COCC(C2)N3Cc2ccccc2)cc1F. The summed E-state index contributed by atoms with van der Waals surface area (Å²) in [5.74, 6) is -0.108. The molecule has 2 bridgehead atoms. The predicted octanol–water partition coefficient (Wildman–Crippen LogP) is 4.28. The van der Waals surface area contributed by atoms with Crippen LogP contribution >= 0.6 is 0 Å². The number of aryl methyl sites for hydroxylation is 1. The summed E-state index contributed by atoms with van der Waals surface area (Å²) in [6.07, 6.45) is 4.18. The smallest absolute Gasteiger partial charge is 0.126 e. The average molecular weight is 337 g/mol. The molecule has 0 aromatic heterocycles. The van der Waals surface area contributed by atoms with Gasteiger partial charge in [-0.2, -0.15) is 0 Å². The van der Waals surface area contributed by atoms with Crippen molar-refractivity contribution in [2.75, 3.05) is 13.2 Å². The van der Waals surface area contributed by atoms with Crippen LogP contribution in [-0.2, 0) is 17.7 Å². The Morgan fingerprint density at radius 2 is 1.92 bits per heavy atom. The molecular formula is C22H24FNO. The number of ether oxygens (including phenoxy) is 1. The zero-order valence-corrected chi connectivity index (χ0v) is 14.6. The molecule has 3 heteroatoms. The Bertz CT molecular complexity index is 771. The number of hydrogen-bond acceptors (Lipinski definition) is 2. The van der Waals surface area contributed by atoms with Gasteiger partial charge in [0.2, 0.25) is 0 Å². The van der Waals surface area contributed by atoms with Gasteiger partial charge >= 0.3 is 0 Å². The molecule has 2 aromatic carbocycles. The van der Waals surface area contributed by atoms with E-state index in [1.165, 1.54) is 11.1 Å². The van der Waals surface area contributed by atoms with Gasteiger partial charge in [0.1, 0.15) is 5.82 Å². The highest BCUT2D eigenvalue weighted by Crippen LogP contribution is 2.30. The minimum atomic E-state index is -0.108. The maximum Gasteiger partial charge on any atom is 0.126 e. The Kier molecular flexibility index (Phi) is 4.69. The minimum Gasteiger partial charge on any atom is -0.378 e. The van der Waals surface area contributed by atoms with Crippen molar-refractivity contribution < 1.29 is 9.13 Å². The highest BCUT2D eigenvalue weighted by molar-refractivity contribution is 5.29. The Balaban J connectivity index is 1.51. The van der Waals surface area contributed by atoms with Gasteiger partial charge in [0.25, 0.3) is 0 Å². The summed E-state index contributed by atoms with van der Waals surface area (Å²) in [6, 6.07) is 16.9. The lowest BCUT2D eigenvalue weighted by Crippen LogP contribution is -2.53. The predicted molar refractivity (Wildman–Crippen MR) is 97.9 cm³/mol. The molecule has 1 fully saturated rings. The molecule has 130 valence electrons. The van der Waals surface area contributed by atoms with E-state index in [1.807, 2.05) is 19.1 Å². The summed E-state index contributed by atoms with van der Waals surface area (Å²) >= 11 is 0. The Labute approximate surface area is 148 Å². The number of halogens is 1. The summed E-state index contributed by atoms with van der Waals surface area (Å²) in [5.41, 5.74) is 4.52. The van der Waals surface area contributed by atoms with E-state index in [0.29, 0.717) is 17.6 Å². The van der Waals surface area contributed by atoms with E-state index in [-0.39, 0.29) is 5.82 Å². The quantitative estimate of drug-likeness (QED) is 0.772. The first-order valence-electron chi connectivity index (χ1n) is 9.01. The molecule has 4 rings (SSSR count). The van der Waals surface area contributed by atoms with Crippen molar-refractivity contribution in [1.29, 1.82) is 0 Å². The van der Waals surface area contributed by atoms with Crippen molar-refractivity contribution in [3.05, 3.63) is 82.7 Å². The van der Waals surface area contributed by atoms with Gasteiger partial charge < -0.3 is 4.74 Å². The fraction of sp³-hybridized carbons (Fsp3) is 0.364. The summed E-state index contributed by atoms with van der Waals surface area (Å²) in [5, 5.41) is 0. The van der Waals surface area contributed by atoms with Crippen LogP contribution in [0.4, 0.5) is 4.39 Å². The molecule has 2 nitrogen and oxygen atoms in total. The number of benzene rings is 2. The second-order valence-corrected chi connectivity index (χ2v) is 7.21. The molecule has 2 atom stereocenters. The number of hydrogen-bond donors (Lipinski definition) is 0. The monoisotopic (exact) mass is 337 g/mol. The zero-order valence-electron chi connectivity index (χ0n) is 14.6. The maximum atomic E-state index is 13.8. The van der Waals surface area contributed by atoms with E-state index in [1.54, 1.807) is 6.07 Å². The van der Waals surface area contributed by atoms with Crippen LogP contribution < -0.4 is 0 Å². The summed E-state index contributed by atoms with van der Waals surface area (Å²) in [6.45, 7) is 4.29. The lowest BCUT2D eigenvalue weighted by molar-refractivity contribution is -0.0440. The molecule has 0 radical (unpaired) electrons. The van der Waals surface area contributed by atoms with Crippen molar-refractivity contribution >= 4 is 0 Å². The molecule has 0 aliphatic carbocycles. The molecule has 2 aliphatic rings. The average Bonchev–Trinajstić information content (AvgIpc) is 2.60. The third kappa shape index (κ3) is 3.68. The van der Waals surface area contributed by atoms with Crippen LogP contribution in [0.3, 0.4) is 0 Å². The van der Waals surface area contributed by atoms with E-state index in [4.69, 9.17) is 4.74 Å². The van der Waals surface area contributed by atoms with Crippen LogP contribution in [-0.4, -0.2) is 30.2 Å². The van der Waals surface area contributed by atoms with Crippen molar-refractivity contribution in [2.45, 2.75) is 38.4 Å². The van der Waals surface area contributed by atoms with Crippen LogP contribution in [0, 0.1) is 12.7 Å². The van der Waals surface area contributed by atoms with E-state index >= 15 is 0 Å². The number of rotatable bonds is 4. The molecule has 0 amide bonds. The van der Waals surface area contributed by atoms with Gasteiger partial charge in [-0.1, -0.05) is 54.1 Å².